The van der Waals surface area contributed by atoms with E-state index in [0.29, 0.717) is 0 Å². The predicted octanol–water partition coefficient (Wildman–Crippen LogP) is 5.18. The normalized spacial score (nSPS) is 10.7. The van der Waals surface area contributed by atoms with Crippen LogP contribution in [0, 0.1) is 0 Å². The molecule has 1 heterocycles. The molecule has 1 aromatic heterocycles. The van der Waals surface area contributed by atoms with E-state index in [1.807, 2.05) is 31.3 Å². The molecule has 0 bridgehead atoms. The highest BCUT2D eigenvalue weighted by atomic mass is 79.9. The Morgan fingerprint density at radius 2 is 2.14 bits per heavy atom. The fourth-order valence-corrected chi connectivity index (χ4v) is 3.52. The van der Waals surface area contributed by atoms with Crippen LogP contribution in [0.4, 0.5) is 5.82 Å². The summed E-state index contributed by atoms with van der Waals surface area (Å²) in [6.45, 7) is 2.15. The molecule has 21 heavy (non-hydrogen) atoms. The molecule has 0 atom stereocenters. The number of rotatable bonds is 6. The lowest BCUT2D eigenvalue weighted by Crippen LogP contribution is -2.05. The molecule has 6 heteroatoms. The summed E-state index contributed by atoms with van der Waals surface area (Å²) in [6, 6.07) is 7.83. The Balaban J connectivity index is 2.17. The lowest BCUT2D eigenvalue weighted by molar-refractivity contribution is 0.847. The minimum Gasteiger partial charge on any atom is -0.372 e. The van der Waals surface area contributed by atoms with E-state index >= 15 is 0 Å². The first-order chi connectivity index (χ1) is 10.1. The van der Waals surface area contributed by atoms with Crippen LogP contribution in [0.2, 0.25) is 5.02 Å². The molecule has 1 N–H and O–H groups in total. The molecule has 0 radical (unpaired) electrons. The van der Waals surface area contributed by atoms with Crippen LogP contribution >= 0.6 is 39.3 Å². The van der Waals surface area contributed by atoms with Crippen LogP contribution < -0.4 is 5.32 Å². The summed E-state index contributed by atoms with van der Waals surface area (Å²) in [5.41, 5.74) is 1.05. The van der Waals surface area contributed by atoms with Gasteiger partial charge in [-0.2, -0.15) is 0 Å². The molecule has 2 aromatic rings. The van der Waals surface area contributed by atoms with Gasteiger partial charge in [0.1, 0.15) is 11.6 Å². The zero-order chi connectivity index (χ0) is 15.2. The lowest BCUT2D eigenvalue weighted by atomic mass is 10.2. The molecular formula is C15H17BrClN3S. The number of halogens is 2. The van der Waals surface area contributed by atoms with E-state index in [4.69, 9.17) is 11.6 Å². The maximum absolute atomic E-state index is 6.00. The zero-order valence-corrected chi connectivity index (χ0v) is 15.1. The topological polar surface area (TPSA) is 37.8 Å². The van der Waals surface area contributed by atoms with Gasteiger partial charge >= 0.3 is 0 Å². The number of aryl methyl sites for hydroxylation is 1. The van der Waals surface area contributed by atoms with Crippen LogP contribution in [0.25, 0.3) is 0 Å². The van der Waals surface area contributed by atoms with Crippen molar-refractivity contribution in [1.82, 2.24) is 9.97 Å². The Bertz CT molecular complexity index is 622. The van der Waals surface area contributed by atoms with Gasteiger partial charge in [0.15, 0.2) is 0 Å². The van der Waals surface area contributed by atoms with Crippen molar-refractivity contribution in [1.29, 1.82) is 0 Å². The van der Waals surface area contributed by atoms with E-state index in [2.05, 4.69) is 38.1 Å². The molecule has 2 rings (SSSR count). The number of nitrogens with one attached hydrogen (secondary N) is 1. The Morgan fingerprint density at radius 1 is 1.33 bits per heavy atom. The van der Waals surface area contributed by atoms with E-state index in [1.165, 1.54) is 0 Å². The van der Waals surface area contributed by atoms with Gasteiger partial charge in [0.25, 0.3) is 0 Å². The minimum atomic E-state index is 0.721. The van der Waals surface area contributed by atoms with Gasteiger partial charge < -0.3 is 5.32 Å². The van der Waals surface area contributed by atoms with Crippen molar-refractivity contribution in [3.05, 3.63) is 45.3 Å². The number of nitrogens with zero attached hydrogens (tertiary/aromatic N) is 2. The van der Waals surface area contributed by atoms with Crippen LogP contribution in [-0.4, -0.2) is 17.0 Å². The van der Waals surface area contributed by atoms with Crippen LogP contribution in [0.1, 0.15) is 24.9 Å². The Morgan fingerprint density at radius 3 is 2.81 bits per heavy atom. The Labute approximate surface area is 143 Å². The Hall–Kier alpha value is -0.780. The van der Waals surface area contributed by atoms with Gasteiger partial charge in [-0.05, 0) is 40.5 Å². The molecule has 0 saturated heterocycles. The van der Waals surface area contributed by atoms with E-state index in [1.54, 1.807) is 11.8 Å². The van der Waals surface area contributed by atoms with E-state index in [-0.39, 0.29) is 0 Å². The average molecular weight is 387 g/mol. The minimum absolute atomic E-state index is 0.721. The maximum atomic E-state index is 6.00. The molecule has 0 saturated carbocycles. The monoisotopic (exact) mass is 385 g/mol. The van der Waals surface area contributed by atoms with Crippen molar-refractivity contribution in [3.63, 3.8) is 0 Å². The second-order valence-electron chi connectivity index (χ2n) is 4.50. The third-order valence-electron chi connectivity index (χ3n) is 2.85. The van der Waals surface area contributed by atoms with Crippen LogP contribution in [0.5, 0.6) is 0 Å². The number of benzene rings is 1. The maximum Gasteiger partial charge on any atom is 0.144 e. The molecule has 0 spiro atoms. The highest BCUT2D eigenvalue weighted by Crippen LogP contribution is 2.28. The lowest BCUT2D eigenvalue weighted by Gasteiger charge is -2.10. The first kappa shape index (κ1) is 16.6. The number of anilines is 1. The van der Waals surface area contributed by atoms with Crippen molar-refractivity contribution in [2.75, 3.05) is 12.4 Å². The summed E-state index contributed by atoms with van der Waals surface area (Å²) in [7, 11) is 1.87. The smallest absolute Gasteiger partial charge is 0.144 e. The quantitative estimate of drug-likeness (QED) is 0.694. The average Bonchev–Trinajstić information content (AvgIpc) is 2.48. The van der Waals surface area contributed by atoms with Crippen molar-refractivity contribution < 1.29 is 0 Å². The Kier molecular flexibility index (Phi) is 6.33. The summed E-state index contributed by atoms with van der Waals surface area (Å²) in [5, 5.41) is 3.86. The molecule has 0 aliphatic carbocycles. The van der Waals surface area contributed by atoms with Crippen LogP contribution in [0.3, 0.4) is 0 Å². The molecule has 3 nitrogen and oxygen atoms in total. The first-order valence-electron chi connectivity index (χ1n) is 6.75. The number of thioether (sulfide) groups is 1. The van der Waals surface area contributed by atoms with E-state index < -0.39 is 0 Å². The second kappa shape index (κ2) is 8.01. The number of hydrogen-bond donors (Lipinski definition) is 1. The molecule has 112 valence electrons. The van der Waals surface area contributed by atoms with Crippen molar-refractivity contribution in [3.8, 4) is 0 Å². The van der Waals surface area contributed by atoms with Gasteiger partial charge in [-0.1, -0.05) is 31.0 Å². The van der Waals surface area contributed by atoms with Crippen LogP contribution in [-0.2, 0) is 12.2 Å². The van der Waals surface area contributed by atoms with Crippen molar-refractivity contribution >= 4 is 45.1 Å². The van der Waals surface area contributed by atoms with E-state index in [9.17, 15) is 0 Å². The van der Waals surface area contributed by atoms with Gasteiger partial charge in [-0.25, -0.2) is 9.97 Å². The largest absolute Gasteiger partial charge is 0.372 e. The fourth-order valence-electron chi connectivity index (χ4n) is 1.88. The first-order valence-corrected chi connectivity index (χ1v) is 8.91. The third kappa shape index (κ3) is 4.59. The molecular weight excluding hydrogens is 370 g/mol. The number of hydrogen-bond acceptors (Lipinski definition) is 4. The summed E-state index contributed by atoms with van der Waals surface area (Å²) in [5.74, 6) is 2.39. The van der Waals surface area contributed by atoms with Gasteiger partial charge in [0.05, 0.1) is 15.9 Å². The predicted molar refractivity (Wildman–Crippen MR) is 94.3 cm³/mol. The van der Waals surface area contributed by atoms with E-state index in [0.717, 1.165) is 50.3 Å². The zero-order valence-electron chi connectivity index (χ0n) is 12.0. The number of aromatic nitrogens is 2. The van der Waals surface area contributed by atoms with Crippen molar-refractivity contribution in [2.24, 2.45) is 0 Å². The SMILES string of the molecule is CCCc1nc(CSc2cccc(Cl)c2)nc(NC)c1Br. The molecule has 0 unspecified atom stereocenters. The second-order valence-corrected chi connectivity index (χ2v) is 6.77. The van der Waals surface area contributed by atoms with Gasteiger partial charge in [-0.3, -0.25) is 0 Å². The fraction of sp³-hybridized carbons (Fsp3) is 0.333. The molecule has 0 amide bonds. The van der Waals surface area contributed by atoms with Crippen molar-refractivity contribution in [2.45, 2.75) is 30.4 Å². The summed E-state index contributed by atoms with van der Waals surface area (Å²) >= 11 is 11.3. The molecule has 1 aromatic carbocycles. The summed E-state index contributed by atoms with van der Waals surface area (Å²) in [6.07, 6.45) is 1.99. The standard InChI is InChI=1S/C15H17BrClN3S/c1-3-5-12-14(16)15(18-2)20-13(19-12)9-21-11-7-4-6-10(17)8-11/h4,6-8H,3,5,9H2,1-2H3,(H,18,19,20). The summed E-state index contributed by atoms with van der Waals surface area (Å²) in [4.78, 5) is 10.3. The molecule has 0 aliphatic heterocycles. The van der Waals surface area contributed by atoms with Crippen LogP contribution in [0.15, 0.2) is 33.6 Å². The molecule has 0 aliphatic rings. The summed E-state index contributed by atoms with van der Waals surface area (Å²) < 4.78 is 0.961. The highest BCUT2D eigenvalue weighted by Gasteiger charge is 2.11. The van der Waals surface area contributed by atoms with Gasteiger partial charge in [-0.15, -0.1) is 11.8 Å². The molecule has 0 fully saturated rings. The third-order valence-corrected chi connectivity index (χ3v) is 4.91. The van der Waals surface area contributed by atoms with Gasteiger partial charge in [0, 0.05) is 17.0 Å². The highest BCUT2D eigenvalue weighted by molar-refractivity contribution is 9.10. The van der Waals surface area contributed by atoms with Gasteiger partial charge in [0.2, 0.25) is 0 Å².